The van der Waals surface area contributed by atoms with E-state index in [1.807, 2.05) is 20.8 Å². The molecule has 6 heteroatoms. The summed E-state index contributed by atoms with van der Waals surface area (Å²) in [6.45, 7) is 6.19. The zero-order valence-electron chi connectivity index (χ0n) is 10.7. The molecule has 17 heavy (non-hydrogen) atoms. The summed E-state index contributed by atoms with van der Waals surface area (Å²) >= 11 is 0. The highest BCUT2D eigenvalue weighted by atomic mass is 16.5. The van der Waals surface area contributed by atoms with Crippen molar-refractivity contribution in [2.24, 2.45) is 5.41 Å². The van der Waals surface area contributed by atoms with E-state index in [1.165, 1.54) is 0 Å². The predicted octanol–water partition coefficient (Wildman–Crippen LogP) is -0.0310. The van der Waals surface area contributed by atoms with E-state index in [-0.39, 0.29) is 43.5 Å². The number of hydrogen-bond acceptors (Lipinski definition) is 4. The number of aliphatic hydroxyl groups excluding tert-OH is 1. The van der Waals surface area contributed by atoms with Crippen LogP contribution >= 0.6 is 0 Å². The molecule has 0 saturated heterocycles. The molecular formula is C11H22N2O4. The first-order chi connectivity index (χ1) is 7.85. The number of hydrogen-bond donors (Lipinski definition) is 3. The van der Waals surface area contributed by atoms with Crippen molar-refractivity contribution in [1.29, 1.82) is 0 Å². The Labute approximate surface area is 102 Å². The molecule has 0 aromatic heterocycles. The molecule has 2 amide bonds. The van der Waals surface area contributed by atoms with Crippen LogP contribution in [0.2, 0.25) is 0 Å². The average Bonchev–Trinajstić information content (AvgIpc) is 2.19. The van der Waals surface area contributed by atoms with E-state index in [0.717, 1.165) is 0 Å². The number of aliphatic hydroxyl groups is 1. The topological polar surface area (TPSA) is 87.7 Å². The Morgan fingerprint density at radius 3 is 2.24 bits per heavy atom. The fourth-order valence-corrected chi connectivity index (χ4v) is 1.06. The van der Waals surface area contributed by atoms with Gasteiger partial charge < -0.3 is 9.84 Å². The summed E-state index contributed by atoms with van der Waals surface area (Å²) in [5, 5.41) is 8.43. The van der Waals surface area contributed by atoms with Crippen LogP contribution in [0.3, 0.4) is 0 Å². The van der Waals surface area contributed by atoms with Crippen LogP contribution in [0.25, 0.3) is 0 Å². The SMILES string of the molecule is CC(C)(C)CC(=O)NNC(=O)CCOCCO. The second-order valence-corrected chi connectivity index (χ2v) is 4.92. The summed E-state index contributed by atoms with van der Waals surface area (Å²) < 4.78 is 4.92. The fourth-order valence-electron chi connectivity index (χ4n) is 1.06. The maximum Gasteiger partial charge on any atom is 0.240 e. The molecule has 0 aliphatic heterocycles. The van der Waals surface area contributed by atoms with Gasteiger partial charge in [-0.25, -0.2) is 0 Å². The van der Waals surface area contributed by atoms with Gasteiger partial charge in [0.15, 0.2) is 0 Å². The summed E-state index contributed by atoms with van der Waals surface area (Å²) in [5.74, 6) is -0.535. The van der Waals surface area contributed by atoms with Gasteiger partial charge in [-0.15, -0.1) is 0 Å². The maximum atomic E-state index is 11.3. The molecule has 0 fully saturated rings. The molecule has 0 unspecified atom stereocenters. The molecule has 0 rings (SSSR count). The van der Waals surface area contributed by atoms with Crippen LogP contribution in [-0.4, -0.2) is 36.7 Å². The largest absolute Gasteiger partial charge is 0.394 e. The van der Waals surface area contributed by atoms with Crippen molar-refractivity contribution in [3.8, 4) is 0 Å². The Bertz CT molecular complexity index is 248. The zero-order valence-corrected chi connectivity index (χ0v) is 10.7. The highest BCUT2D eigenvalue weighted by Crippen LogP contribution is 2.17. The number of hydrazine groups is 1. The van der Waals surface area contributed by atoms with Gasteiger partial charge in [-0.05, 0) is 5.41 Å². The van der Waals surface area contributed by atoms with Crippen LogP contribution in [0.4, 0.5) is 0 Å². The minimum absolute atomic E-state index is 0.0655. The molecule has 0 aromatic rings. The molecule has 0 spiro atoms. The van der Waals surface area contributed by atoms with Crippen molar-refractivity contribution in [1.82, 2.24) is 10.9 Å². The van der Waals surface area contributed by atoms with Gasteiger partial charge in [0.25, 0.3) is 0 Å². The van der Waals surface area contributed by atoms with E-state index in [0.29, 0.717) is 6.42 Å². The Morgan fingerprint density at radius 2 is 1.71 bits per heavy atom. The second-order valence-electron chi connectivity index (χ2n) is 4.92. The van der Waals surface area contributed by atoms with E-state index >= 15 is 0 Å². The van der Waals surface area contributed by atoms with Crippen molar-refractivity contribution in [3.05, 3.63) is 0 Å². The van der Waals surface area contributed by atoms with Crippen LogP contribution in [0.5, 0.6) is 0 Å². The number of carbonyl (C=O) groups excluding carboxylic acids is 2. The zero-order chi connectivity index (χ0) is 13.3. The van der Waals surface area contributed by atoms with Gasteiger partial charge >= 0.3 is 0 Å². The lowest BCUT2D eigenvalue weighted by Gasteiger charge is -2.17. The third-order valence-electron chi connectivity index (χ3n) is 1.74. The summed E-state index contributed by atoms with van der Waals surface area (Å²) in [5.41, 5.74) is 4.53. The predicted molar refractivity (Wildman–Crippen MR) is 62.9 cm³/mol. The molecule has 6 nitrogen and oxygen atoms in total. The third kappa shape index (κ3) is 11.1. The molecule has 100 valence electrons. The lowest BCUT2D eigenvalue weighted by atomic mass is 9.92. The minimum Gasteiger partial charge on any atom is -0.394 e. The Hall–Kier alpha value is -1.14. The van der Waals surface area contributed by atoms with Gasteiger partial charge in [0.1, 0.15) is 0 Å². The van der Waals surface area contributed by atoms with E-state index in [9.17, 15) is 9.59 Å². The van der Waals surface area contributed by atoms with Crippen LogP contribution in [0.15, 0.2) is 0 Å². The number of carbonyl (C=O) groups is 2. The van der Waals surface area contributed by atoms with Gasteiger partial charge in [0.2, 0.25) is 11.8 Å². The van der Waals surface area contributed by atoms with E-state index in [2.05, 4.69) is 10.9 Å². The lowest BCUT2D eigenvalue weighted by Crippen LogP contribution is -2.43. The first-order valence-electron chi connectivity index (χ1n) is 5.61. The van der Waals surface area contributed by atoms with Gasteiger partial charge in [0.05, 0.1) is 26.2 Å². The Kier molecular flexibility index (Phi) is 7.49. The first-order valence-corrected chi connectivity index (χ1v) is 5.61. The number of nitrogens with one attached hydrogen (secondary N) is 2. The van der Waals surface area contributed by atoms with Gasteiger partial charge in [0, 0.05) is 6.42 Å². The molecule has 0 aromatic carbocycles. The van der Waals surface area contributed by atoms with E-state index in [4.69, 9.17) is 9.84 Å². The number of amides is 2. The van der Waals surface area contributed by atoms with Crippen molar-refractivity contribution in [2.75, 3.05) is 19.8 Å². The number of rotatable bonds is 6. The molecule has 0 bridgehead atoms. The summed E-state index contributed by atoms with van der Waals surface area (Å²) in [6, 6.07) is 0. The van der Waals surface area contributed by atoms with Gasteiger partial charge in [-0.3, -0.25) is 20.4 Å². The quantitative estimate of drug-likeness (QED) is 0.453. The normalized spacial score (nSPS) is 11.1. The molecule has 3 N–H and O–H groups in total. The highest BCUT2D eigenvalue weighted by molar-refractivity contribution is 5.82. The van der Waals surface area contributed by atoms with Crippen LogP contribution in [-0.2, 0) is 14.3 Å². The van der Waals surface area contributed by atoms with E-state index in [1.54, 1.807) is 0 Å². The Balaban J connectivity index is 3.59. The van der Waals surface area contributed by atoms with Crippen molar-refractivity contribution >= 4 is 11.8 Å². The van der Waals surface area contributed by atoms with Crippen LogP contribution < -0.4 is 10.9 Å². The first kappa shape index (κ1) is 15.9. The lowest BCUT2D eigenvalue weighted by molar-refractivity contribution is -0.130. The maximum absolute atomic E-state index is 11.3. The monoisotopic (exact) mass is 246 g/mol. The highest BCUT2D eigenvalue weighted by Gasteiger charge is 2.15. The van der Waals surface area contributed by atoms with Crippen LogP contribution in [0.1, 0.15) is 33.6 Å². The average molecular weight is 246 g/mol. The van der Waals surface area contributed by atoms with Gasteiger partial charge in [-0.2, -0.15) is 0 Å². The fraction of sp³-hybridized carbons (Fsp3) is 0.818. The molecule has 0 aliphatic rings. The summed E-state index contributed by atoms with van der Waals surface area (Å²) in [4.78, 5) is 22.6. The molecule has 0 radical (unpaired) electrons. The van der Waals surface area contributed by atoms with E-state index < -0.39 is 0 Å². The molecule has 0 atom stereocenters. The van der Waals surface area contributed by atoms with Gasteiger partial charge in [-0.1, -0.05) is 20.8 Å². The third-order valence-corrected chi connectivity index (χ3v) is 1.74. The summed E-state index contributed by atoms with van der Waals surface area (Å²) in [7, 11) is 0. The standard InChI is InChI=1S/C11H22N2O4/c1-11(2,3)8-10(16)13-12-9(15)4-6-17-7-5-14/h14H,4-8H2,1-3H3,(H,12,15)(H,13,16). The van der Waals surface area contributed by atoms with Crippen LogP contribution in [0, 0.1) is 5.41 Å². The molecular weight excluding hydrogens is 224 g/mol. The molecule has 0 saturated carbocycles. The number of ether oxygens (including phenoxy) is 1. The second kappa shape index (κ2) is 8.03. The molecule has 0 heterocycles. The Morgan fingerprint density at radius 1 is 1.12 bits per heavy atom. The summed E-state index contributed by atoms with van der Waals surface area (Å²) in [6.07, 6.45) is 0.490. The van der Waals surface area contributed by atoms with Crippen molar-refractivity contribution in [3.63, 3.8) is 0 Å². The minimum atomic E-state index is -0.315. The van der Waals surface area contributed by atoms with Crippen molar-refractivity contribution in [2.45, 2.75) is 33.6 Å². The molecule has 0 aliphatic carbocycles. The smallest absolute Gasteiger partial charge is 0.240 e. The van der Waals surface area contributed by atoms with Crippen molar-refractivity contribution < 1.29 is 19.4 Å².